The molecule has 1 aromatic heterocycles. The Morgan fingerprint density at radius 1 is 1.10 bits per heavy atom. The fourth-order valence-electron chi connectivity index (χ4n) is 3.10. The van der Waals surface area contributed by atoms with Crippen molar-refractivity contribution in [3.63, 3.8) is 0 Å². The molecule has 0 atom stereocenters. The minimum absolute atomic E-state index is 0.0575. The van der Waals surface area contributed by atoms with Crippen molar-refractivity contribution in [2.24, 2.45) is 4.99 Å². The highest BCUT2D eigenvalue weighted by Crippen LogP contribution is 2.32. The number of aryl methyl sites for hydroxylation is 2. The number of ether oxygens (including phenoxy) is 1. The van der Waals surface area contributed by atoms with Gasteiger partial charge in [-0.1, -0.05) is 11.8 Å². The Kier molecular flexibility index (Phi) is 5.12. The Balaban J connectivity index is 1.68. The average Bonchev–Trinajstić information content (AvgIpc) is 3.18. The van der Waals surface area contributed by atoms with Crippen molar-refractivity contribution < 1.29 is 19.2 Å². The molecule has 31 heavy (non-hydrogen) atoms. The van der Waals surface area contributed by atoms with E-state index in [4.69, 9.17) is 9.15 Å². The van der Waals surface area contributed by atoms with E-state index in [0.29, 0.717) is 22.7 Å². The Labute approximate surface area is 177 Å². The first kappa shape index (κ1) is 20.1. The SMILES string of the molecule is COc1cc([N+](=O)[O-])cc(C=Nc2ccc3oc(-c4ccc(C)c(C)c4)nc3c2)c1[O-]. The van der Waals surface area contributed by atoms with E-state index < -0.39 is 10.7 Å². The Morgan fingerprint density at radius 3 is 2.61 bits per heavy atom. The first-order valence-electron chi connectivity index (χ1n) is 9.41. The van der Waals surface area contributed by atoms with Crippen LogP contribution in [0.25, 0.3) is 22.6 Å². The van der Waals surface area contributed by atoms with Crippen LogP contribution in [0.15, 0.2) is 57.9 Å². The Morgan fingerprint density at radius 2 is 1.90 bits per heavy atom. The molecule has 0 spiro atoms. The lowest BCUT2D eigenvalue weighted by Gasteiger charge is -2.14. The largest absolute Gasteiger partial charge is 0.870 e. The summed E-state index contributed by atoms with van der Waals surface area (Å²) >= 11 is 0. The number of hydrogen-bond donors (Lipinski definition) is 0. The van der Waals surface area contributed by atoms with Crippen LogP contribution in [0.3, 0.4) is 0 Å². The molecule has 1 heterocycles. The molecule has 0 bridgehead atoms. The number of nitro groups is 1. The molecule has 0 unspecified atom stereocenters. The highest BCUT2D eigenvalue weighted by molar-refractivity contribution is 5.89. The van der Waals surface area contributed by atoms with Gasteiger partial charge in [0.1, 0.15) is 11.3 Å². The number of aromatic nitrogens is 1. The highest BCUT2D eigenvalue weighted by atomic mass is 16.6. The summed E-state index contributed by atoms with van der Waals surface area (Å²) in [6.07, 6.45) is 1.28. The van der Waals surface area contributed by atoms with Crippen LogP contribution in [0.5, 0.6) is 11.5 Å². The van der Waals surface area contributed by atoms with Gasteiger partial charge in [-0.3, -0.25) is 15.1 Å². The molecular weight excluding hydrogens is 398 g/mol. The third-order valence-electron chi connectivity index (χ3n) is 4.98. The van der Waals surface area contributed by atoms with E-state index >= 15 is 0 Å². The van der Waals surface area contributed by atoms with Crippen molar-refractivity contribution >= 4 is 28.7 Å². The number of aliphatic imine (C=N–C) groups is 1. The van der Waals surface area contributed by atoms with Crippen LogP contribution >= 0.6 is 0 Å². The number of nitrogens with zero attached hydrogens (tertiary/aromatic N) is 3. The minimum atomic E-state index is -0.588. The van der Waals surface area contributed by atoms with Crippen molar-refractivity contribution in [3.05, 3.63) is 75.3 Å². The standard InChI is InChI=1S/C23H19N3O5/c1-13-4-5-15(8-14(13)2)23-25-19-10-17(6-7-20(19)31-23)24-12-16-9-18(26(28)29)11-21(30-3)22(16)27/h4-12,27H,1-3H3/p-1. The fraction of sp³-hybridized carbons (Fsp3) is 0.130. The summed E-state index contributed by atoms with van der Waals surface area (Å²) < 4.78 is 10.8. The zero-order valence-corrected chi connectivity index (χ0v) is 17.1. The topological polar surface area (TPSA) is 114 Å². The number of benzene rings is 3. The molecule has 0 saturated carbocycles. The molecule has 0 fully saturated rings. The van der Waals surface area contributed by atoms with E-state index in [1.54, 1.807) is 18.2 Å². The zero-order valence-electron chi connectivity index (χ0n) is 17.1. The second-order valence-corrected chi connectivity index (χ2v) is 7.05. The van der Waals surface area contributed by atoms with Gasteiger partial charge in [0.25, 0.3) is 5.69 Å². The number of oxazole rings is 1. The van der Waals surface area contributed by atoms with Crippen LogP contribution in [0.4, 0.5) is 11.4 Å². The first-order valence-corrected chi connectivity index (χ1v) is 9.41. The van der Waals surface area contributed by atoms with Gasteiger partial charge in [0.05, 0.1) is 23.8 Å². The maximum absolute atomic E-state index is 12.4. The maximum atomic E-state index is 12.4. The van der Waals surface area contributed by atoms with E-state index in [-0.39, 0.29) is 17.0 Å². The summed E-state index contributed by atoms with van der Waals surface area (Å²) in [4.78, 5) is 19.3. The number of non-ortho nitro benzene ring substituents is 1. The second kappa shape index (κ2) is 7.91. The number of hydrogen-bond acceptors (Lipinski definition) is 7. The molecule has 0 amide bonds. The third-order valence-corrected chi connectivity index (χ3v) is 4.98. The quantitative estimate of drug-likeness (QED) is 0.261. The van der Waals surface area contributed by atoms with E-state index in [0.717, 1.165) is 17.2 Å². The van der Waals surface area contributed by atoms with E-state index in [2.05, 4.69) is 9.98 Å². The third kappa shape index (κ3) is 3.95. The fourth-order valence-corrected chi connectivity index (χ4v) is 3.10. The molecule has 4 aromatic rings. The van der Waals surface area contributed by atoms with Crippen molar-refractivity contribution in [2.45, 2.75) is 13.8 Å². The summed E-state index contributed by atoms with van der Waals surface area (Å²) in [5.41, 5.74) is 4.76. The van der Waals surface area contributed by atoms with Gasteiger partial charge in [0, 0.05) is 17.8 Å². The number of rotatable bonds is 5. The molecule has 0 aliphatic carbocycles. The van der Waals surface area contributed by atoms with E-state index in [1.165, 1.54) is 25.0 Å². The highest BCUT2D eigenvalue weighted by Gasteiger charge is 2.12. The van der Waals surface area contributed by atoms with Crippen LogP contribution < -0.4 is 9.84 Å². The van der Waals surface area contributed by atoms with Gasteiger partial charge < -0.3 is 14.3 Å². The van der Waals surface area contributed by atoms with E-state index in [9.17, 15) is 15.2 Å². The molecule has 8 nitrogen and oxygen atoms in total. The Hall–Kier alpha value is -4.20. The maximum Gasteiger partial charge on any atom is 0.273 e. The smallest absolute Gasteiger partial charge is 0.273 e. The predicted octanol–water partition coefficient (Wildman–Crippen LogP) is 4.85. The van der Waals surface area contributed by atoms with Gasteiger partial charge in [0.15, 0.2) is 5.58 Å². The lowest BCUT2D eigenvalue weighted by molar-refractivity contribution is -0.385. The lowest BCUT2D eigenvalue weighted by Crippen LogP contribution is -2.02. The second-order valence-electron chi connectivity index (χ2n) is 7.05. The molecule has 0 N–H and O–H groups in total. The van der Waals surface area contributed by atoms with Crippen LogP contribution in [0.1, 0.15) is 16.7 Å². The summed E-state index contributed by atoms with van der Waals surface area (Å²) in [5.74, 6) is -0.0819. The molecule has 156 valence electrons. The summed E-state index contributed by atoms with van der Waals surface area (Å²) in [5, 5.41) is 23.5. The Bertz CT molecular complexity index is 1340. The molecule has 0 radical (unpaired) electrons. The van der Waals surface area contributed by atoms with Crippen LogP contribution in [-0.4, -0.2) is 23.2 Å². The molecular formula is C23H18N3O5-. The number of nitro benzene ring substituents is 1. The molecule has 3 aromatic carbocycles. The van der Waals surface area contributed by atoms with Gasteiger partial charge in [0.2, 0.25) is 5.89 Å². The molecule has 0 aliphatic heterocycles. The molecule has 0 saturated heterocycles. The average molecular weight is 416 g/mol. The minimum Gasteiger partial charge on any atom is -0.870 e. The normalized spacial score (nSPS) is 11.3. The van der Waals surface area contributed by atoms with Crippen LogP contribution in [-0.2, 0) is 0 Å². The predicted molar refractivity (Wildman–Crippen MR) is 115 cm³/mol. The lowest BCUT2D eigenvalue weighted by atomic mass is 10.1. The van der Waals surface area contributed by atoms with Gasteiger partial charge >= 0.3 is 0 Å². The van der Waals surface area contributed by atoms with Gasteiger partial charge in [-0.25, -0.2) is 4.98 Å². The first-order chi connectivity index (χ1) is 14.9. The van der Waals surface area contributed by atoms with Crippen LogP contribution in [0, 0.1) is 24.0 Å². The monoisotopic (exact) mass is 416 g/mol. The van der Waals surface area contributed by atoms with Gasteiger partial charge in [-0.15, -0.1) is 0 Å². The van der Waals surface area contributed by atoms with Crippen LogP contribution in [0.2, 0.25) is 0 Å². The summed E-state index contributed by atoms with van der Waals surface area (Å²) in [7, 11) is 1.28. The van der Waals surface area contributed by atoms with E-state index in [1.807, 2.05) is 32.0 Å². The van der Waals surface area contributed by atoms with Crippen molar-refractivity contribution in [1.29, 1.82) is 0 Å². The summed E-state index contributed by atoms with van der Waals surface area (Å²) in [6.45, 7) is 4.07. The van der Waals surface area contributed by atoms with Gasteiger partial charge in [-0.05, 0) is 60.9 Å². The van der Waals surface area contributed by atoms with Crippen molar-refractivity contribution in [1.82, 2.24) is 4.98 Å². The summed E-state index contributed by atoms with van der Waals surface area (Å²) in [6, 6.07) is 13.4. The van der Waals surface area contributed by atoms with Gasteiger partial charge in [-0.2, -0.15) is 0 Å². The number of fused-ring (bicyclic) bond motifs is 1. The van der Waals surface area contributed by atoms with Crippen molar-refractivity contribution in [2.75, 3.05) is 7.11 Å². The molecule has 0 aliphatic rings. The van der Waals surface area contributed by atoms with Crippen molar-refractivity contribution in [3.8, 4) is 23.0 Å². The molecule has 4 rings (SSSR count). The number of methoxy groups -OCH3 is 1. The molecule has 8 heteroatoms. The zero-order chi connectivity index (χ0) is 22.1.